The molecule has 1 rings (SSSR count). The second kappa shape index (κ2) is 5.72. The molecule has 0 aliphatic carbocycles. The van der Waals surface area contributed by atoms with Crippen LogP contribution in [0.15, 0.2) is 4.52 Å². The van der Waals surface area contributed by atoms with Gasteiger partial charge in [-0.25, -0.2) is 0 Å². The number of ether oxygens (including phenoxy) is 1. The fourth-order valence-corrected chi connectivity index (χ4v) is 0.974. The molecule has 1 N–H and O–H groups in total. The summed E-state index contributed by atoms with van der Waals surface area (Å²) in [5.74, 6) is 1.28. The van der Waals surface area contributed by atoms with E-state index in [1.165, 1.54) is 0 Å². The molecule has 0 saturated carbocycles. The zero-order chi connectivity index (χ0) is 10.4. The Balaban J connectivity index is 2.04. The maximum atomic E-state index is 5.36. The average molecular weight is 199 g/mol. The van der Waals surface area contributed by atoms with Crippen LogP contribution in [0.3, 0.4) is 0 Å². The van der Waals surface area contributed by atoms with Crippen molar-refractivity contribution >= 4 is 0 Å². The monoisotopic (exact) mass is 199 g/mol. The van der Waals surface area contributed by atoms with E-state index in [2.05, 4.69) is 15.5 Å². The average Bonchev–Trinajstić information content (AvgIpc) is 2.50. The van der Waals surface area contributed by atoms with Gasteiger partial charge in [-0.2, -0.15) is 4.98 Å². The third-order valence-electron chi connectivity index (χ3n) is 1.58. The van der Waals surface area contributed by atoms with E-state index in [-0.39, 0.29) is 6.10 Å². The molecule has 0 aliphatic heterocycles. The van der Waals surface area contributed by atoms with Crippen LogP contribution in [0.25, 0.3) is 0 Å². The van der Waals surface area contributed by atoms with Crippen LogP contribution < -0.4 is 5.32 Å². The van der Waals surface area contributed by atoms with Crippen molar-refractivity contribution in [3.63, 3.8) is 0 Å². The quantitative estimate of drug-likeness (QED) is 0.689. The number of nitrogens with zero attached hydrogens (tertiary/aromatic N) is 2. The Morgan fingerprint density at radius 3 is 2.86 bits per heavy atom. The molecule has 1 heterocycles. The van der Waals surface area contributed by atoms with E-state index < -0.39 is 0 Å². The van der Waals surface area contributed by atoms with Gasteiger partial charge < -0.3 is 14.6 Å². The highest BCUT2D eigenvalue weighted by atomic mass is 16.5. The Morgan fingerprint density at radius 2 is 2.29 bits per heavy atom. The Bertz CT molecular complexity index is 260. The molecule has 14 heavy (non-hydrogen) atoms. The molecule has 80 valence electrons. The zero-order valence-electron chi connectivity index (χ0n) is 8.91. The first-order valence-electron chi connectivity index (χ1n) is 4.80. The van der Waals surface area contributed by atoms with E-state index in [1.54, 1.807) is 6.92 Å². The number of rotatable bonds is 6. The summed E-state index contributed by atoms with van der Waals surface area (Å²) in [6.07, 6.45) is 0.280. The highest BCUT2D eigenvalue weighted by Crippen LogP contribution is 1.94. The van der Waals surface area contributed by atoms with Crippen LogP contribution in [0.2, 0.25) is 0 Å². The molecule has 0 spiro atoms. The van der Waals surface area contributed by atoms with Crippen LogP contribution in [-0.4, -0.2) is 29.4 Å². The minimum Gasteiger partial charge on any atom is -0.377 e. The summed E-state index contributed by atoms with van der Waals surface area (Å²) in [5.41, 5.74) is 0. The second-order valence-corrected chi connectivity index (χ2v) is 3.33. The SMILES string of the molecule is Cc1noc(CNCCOC(C)C)n1. The number of aromatic nitrogens is 2. The van der Waals surface area contributed by atoms with Crippen molar-refractivity contribution in [1.29, 1.82) is 0 Å². The number of nitrogens with one attached hydrogen (secondary N) is 1. The Hall–Kier alpha value is -0.940. The first-order chi connectivity index (χ1) is 6.68. The van der Waals surface area contributed by atoms with Crippen molar-refractivity contribution in [3.8, 4) is 0 Å². The molecular weight excluding hydrogens is 182 g/mol. The highest BCUT2D eigenvalue weighted by Gasteiger charge is 2.00. The van der Waals surface area contributed by atoms with Crippen molar-refractivity contribution in [1.82, 2.24) is 15.5 Å². The van der Waals surface area contributed by atoms with Crippen LogP contribution in [-0.2, 0) is 11.3 Å². The number of hydrogen-bond donors (Lipinski definition) is 1. The normalized spacial score (nSPS) is 11.1. The van der Waals surface area contributed by atoms with E-state index in [9.17, 15) is 0 Å². The molecule has 0 fully saturated rings. The van der Waals surface area contributed by atoms with Crippen LogP contribution in [0.4, 0.5) is 0 Å². The molecule has 5 nitrogen and oxygen atoms in total. The van der Waals surface area contributed by atoms with E-state index in [4.69, 9.17) is 9.26 Å². The van der Waals surface area contributed by atoms with Gasteiger partial charge in [-0.3, -0.25) is 0 Å². The topological polar surface area (TPSA) is 60.2 Å². The molecule has 0 aromatic carbocycles. The van der Waals surface area contributed by atoms with Gasteiger partial charge in [0.15, 0.2) is 5.82 Å². The van der Waals surface area contributed by atoms with Crippen LogP contribution in [0.1, 0.15) is 25.6 Å². The minimum atomic E-state index is 0.280. The fraction of sp³-hybridized carbons (Fsp3) is 0.778. The fourth-order valence-electron chi connectivity index (χ4n) is 0.974. The molecule has 0 bridgehead atoms. The maximum absolute atomic E-state index is 5.36. The van der Waals surface area contributed by atoms with Gasteiger partial charge in [0.1, 0.15) is 0 Å². The molecule has 0 saturated heterocycles. The largest absolute Gasteiger partial charge is 0.377 e. The predicted molar refractivity (Wildman–Crippen MR) is 51.8 cm³/mol. The summed E-state index contributed by atoms with van der Waals surface area (Å²) >= 11 is 0. The smallest absolute Gasteiger partial charge is 0.240 e. The van der Waals surface area contributed by atoms with E-state index in [1.807, 2.05) is 13.8 Å². The molecule has 1 aromatic heterocycles. The van der Waals surface area contributed by atoms with Crippen molar-refractivity contribution in [2.75, 3.05) is 13.2 Å². The molecule has 0 radical (unpaired) electrons. The van der Waals surface area contributed by atoms with Gasteiger partial charge in [-0.15, -0.1) is 0 Å². The van der Waals surface area contributed by atoms with Crippen LogP contribution >= 0.6 is 0 Å². The lowest BCUT2D eigenvalue weighted by Gasteiger charge is -2.06. The van der Waals surface area contributed by atoms with Gasteiger partial charge in [0.05, 0.1) is 19.3 Å². The van der Waals surface area contributed by atoms with Crippen molar-refractivity contribution in [2.45, 2.75) is 33.4 Å². The number of hydrogen-bond acceptors (Lipinski definition) is 5. The molecule has 0 aliphatic rings. The third kappa shape index (κ3) is 4.34. The lowest BCUT2D eigenvalue weighted by atomic mass is 10.5. The van der Waals surface area contributed by atoms with Gasteiger partial charge >= 0.3 is 0 Å². The summed E-state index contributed by atoms with van der Waals surface area (Å²) in [7, 11) is 0. The highest BCUT2D eigenvalue weighted by molar-refractivity contribution is 4.81. The van der Waals surface area contributed by atoms with E-state index >= 15 is 0 Å². The standard InChI is InChI=1S/C9H17N3O2/c1-7(2)13-5-4-10-6-9-11-8(3)12-14-9/h7,10H,4-6H2,1-3H3. The van der Waals surface area contributed by atoms with Gasteiger partial charge in [0, 0.05) is 6.54 Å². The lowest BCUT2D eigenvalue weighted by molar-refractivity contribution is 0.0803. The van der Waals surface area contributed by atoms with Gasteiger partial charge in [-0.1, -0.05) is 5.16 Å². The van der Waals surface area contributed by atoms with Gasteiger partial charge in [0.25, 0.3) is 0 Å². The number of aryl methyl sites for hydroxylation is 1. The first kappa shape index (κ1) is 11.1. The summed E-state index contributed by atoms with van der Waals surface area (Å²) in [6.45, 7) is 7.92. The molecule has 1 aromatic rings. The van der Waals surface area contributed by atoms with E-state index in [0.29, 0.717) is 24.9 Å². The molecule has 0 atom stereocenters. The maximum Gasteiger partial charge on any atom is 0.240 e. The van der Waals surface area contributed by atoms with Gasteiger partial charge in [-0.05, 0) is 20.8 Å². The molecule has 5 heteroatoms. The Kier molecular flexibility index (Phi) is 4.55. The summed E-state index contributed by atoms with van der Waals surface area (Å²) in [5, 5.41) is 6.84. The lowest BCUT2D eigenvalue weighted by Crippen LogP contribution is -2.21. The predicted octanol–water partition coefficient (Wildman–Crippen LogP) is 0.893. The Labute approximate surface area is 83.8 Å². The summed E-state index contributed by atoms with van der Waals surface area (Å²) in [6, 6.07) is 0. The van der Waals surface area contributed by atoms with Gasteiger partial charge in [0.2, 0.25) is 5.89 Å². The molecular formula is C9H17N3O2. The minimum absolute atomic E-state index is 0.280. The molecule has 0 unspecified atom stereocenters. The molecule has 0 amide bonds. The summed E-state index contributed by atoms with van der Waals surface area (Å²) < 4.78 is 10.3. The zero-order valence-corrected chi connectivity index (χ0v) is 8.91. The van der Waals surface area contributed by atoms with Crippen molar-refractivity contribution < 1.29 is 9.26 Å². The van der Waals surface area contributed by atoms with Crippen LogP contribution in [0, 0.1) is 6.92 Å². The van der Waals surface area contributed by atoms with Crippen molar-refractivity contribution in [2.24, 2.45) is 0 Å². The summed E-state index contributed by atoms with van der Waals surface area (Å²) in [4.78, 5) is 4.06. The van der Waals surface area contributed by atoms with Crippen molar-refractivity contribution in [3.05, 3.63) is 11.7 Å². The van der Waals surface area contributed by atoms with E-state index in [0.717, 1.165) is 6.54 Å². The Morgan fingerprint density at radius 1 is 1.50 bits per heavy atom. The first-order valence-corrected chi connectivity index (χ1v) is 4.80. The second-order valence-electron chi connectivity index (χ2n) is 3.33. The van der Waals surface area contributed by atoms with Crippen LogP contribution in [0.5, 0.6) is 0 Å². The third-order valence-corrected chi connectivity index (χ3v) is 1.58.